The molecule has 0 spiro atoms. The average molecular weight is 569 g/mol. The van der Waals surface area contributed by atoms with Crippen molar-refractivity contribution in [1.82, 2.24) is 9.55 Å². The zero-order valence-corrected chi connectivity index (χ0v) is 24.6. The largest absolute Gasteiger partial charge is 0.308 e. The molecule has 0 aliphatic heterocycles. The standard InChI is InChI=1S/C40H28N2S/c1-25-12-11-15-27(22-25)34-24-28(23-33(41-34)26-13-3-2-4-14-26)42-35-20-9-7-18-31(35)37-29-16-5-6-17-30(29)38-32-19-8-10-21-36(32)43-40(38)39(37)42/h2-21,23-25H,22H2,1H3. The van der Waals surface area contributed by atoms with E-state index < -0.39 is 0 Å². The van der Waals surface area contributed by atoms with Gasteiger partial charge in [0.15, 0.2) is 0 Å². The van der Waals surface area contributed by atoms with Gasteiger partial charge in [0, 0.05) is 31.8 Å². The minimum absolute atomic E-state index is 0.489. The molecule has 43 heavy (non-hydrogen) atoms. The maximum absolute atomic E-state index is 5.27. The first-order valence-electron chi connectivity index (χ1n) is 15.0. The number of benzene rings is 5. The molecular weight excluding hydrogens is 541 g/mol. The van der Waals surface area contributed by atoms with Crippen LogP contribution < -0.4 is 0 Å². The number of nitrogens with zero attached hydrogens (tertiary/aromatic N) is 2. The number of allylic oxidation sites excluding steroid dienone is 4. The van der Waals surface area contributed by atoms with Crippen LogP contribution in [0.15, 0.2) is 133 Å². The van der Waals surface area contributed by atoms with Crippen molar-refractivity contribution < 1.29 is 0 Å². The van der Waals surface area contributed by atoms with Gasteiger partial charge in [0.1, 0.15) is 0 Å². The van der Waals surface area contributed by atoms with Gasteiger partial charge in [-0.15, -0.1) is 11.3 Å². The number of thiophene rings is 1. The Morgan fingerprint density at radius 1 is 0.698 bits per heavy atom. The lowest BCUT2D eigenvalue weighted by atomic mass is 9.93. The Morgan fingerprint density at radius 3 is 2.19 bits per heavy atom. The molecule has 9 rings (SSSR count). The van der Waals surface area contributed by atoms with Crippen molar-refractivity contribution in [2.75, 3.05) is 0 Å². The van der Waals surface area contributed by atoms with Crippen molar-refractivity contribution in [3.8, 4) is 16.9 Å². The molecule has 3 heteroatoms. The number of pyridine rings is 1. The highest BCUT2D eigenvalue weighted by atomic mass is 32.1. The number of hydrogen-bond donors (Lipinski definition) is 0. The van der Waals surface area contributed by atoms with Crippen LogP contribution in [0.1, 0.15) is 19.0 Å². The topological polar surface area (TPSA) is 17.8 Å². The van der Waals surface area contributed by atoms with E-state index in [2.05, 4.69) is 145 Å². The summed E-state index contributed by atoms with van der Waals surface area (Å²) in [5, 5.41) is 7.89. The molecule has 1 aliphatic carbocycles. The fourth-order valence-corrected chi connectivity index (χ4v) is 8.25. The maximum Gasteiger partial charge on any atom is 0.0730 e. The fourth-order valence-electron chi connectivity index (χ4n) is 7.00. The zero-order chi connectivity index (χ0) is 28.5. The van der Waals surface area contributed by atoms with Gasteiger partial charge in [-0.05, 0) is 52.9 Å². The quantitative estimate of drug-likeness (QED) is 0.207. The molecule has 3 heterocycles. The van der Waals surface area contributed by atoms with Crippen molar-refractivity contribution in [3.05, 3.63) is 139 Å². The summed E-state index contributed by atoms with van der Waals surface area (Å²) < 4.78 is 5.16. The molecule has 204 valence electrons. The van der Waals surface area contributed by atoms with Crippen molar-refractivity contribution in [3.63, 3.8) is 0 Å². The monoisotopic (exact) mass is 568 g/mol. The molecule has 0 amide bonds. The molecule has 5 aromatic carbocycles. The molecule has 0 saturated carbocycles. The number of para-hydroxylation sites is 1. The average Bonchev–Trinajstić information content (AvgIpc) is 3.62. The zero-order valence-electron chi connectivity index (χ0n) is 23.8. The molecule has 1 aliphatic rings. The third-order valence-electron chi connectivity index (χ3n) is 8.90. The second kappa shape index (κ2) is 9.52. The normalized spacial score (nSPS) is 15.3. The summed E-state index contributed by atoms with van der Waals surface area (Å²) in [6.45, 7) is 2.28. The van der Waals surface area contributed by atoms with E-state index in [9.17, 15) is 0 Å². The molecule has 1 atom stereocenters. The lowest BCUT2D eigenvalue weighted by Crippen LogP contribution is -2.03. The van der Waals surface area contributed by atoms with Gasteiger partial charge in [0.2, 0.25) is 0 Å². The van der Waals surface area contributed by atoms with Gasteiger partial charge in [-0.25, -0.2) is 4.98 Å². The Morgan fingerprint density at radius 2 is 1.37 bits per heavy atom. The first-order chi connectivity index (χ1) is 21.2. The van der Waals surface area contributed by atoms with Gasteiger partial charge in [-0.2, -0.15) is 0 Å². The van der Waals surface area contributed by atoms with Crippen LogP contribution in [0.25, 0.3) is 75.3 Å². The number of fused-ring (bicyclic) bond motifs is 10. The second-order valence-electron chi connectivity index (χ2n) is 11.6. The Bertz CT molecular complexity index is 2440. The van der Waals surface area contributed by atoms with Gasteiger partial charge in [0.05, 0.1) is 32.8 Å². The third kappa shape index (κ3) is 3.75. The van der Waals surface area contributed by atoms with Gasteiger partial charge >= 0.3 is 0 Å². The van der Waals surface area contributed by atoms with E-state index in [1.165, 1.54) is 58.3 Å². The molecule has 0 N–H and O–H groups in total. The molecule has 1 unspecified atom stereocenters. The van der Waals surface area contributed by atoms with Crippen LogP contribution in [0.5, 0.6) is 0 Å². The van der Waals surface area contributed by atoms with E-state index in [0.717, 1.165) is 29.1 Å². The van der Waals surface area contributed by atoms with Gasteiger partial charge in [-0.1, -0.05) is 116 Å². The first kappa shape index (κ1) is 24.6. The van der Waals surface area contributed by atoms with Crippen molar-refractivity contribution in [1.29, 1.82) is 0 Å². The highest BCUT2D eigenvalue weighted by molar-refractivity contribution is 7.27. The highest BCUT2D eigenvalue weighted by Gasteiger charge is 2.23. The summed E-state index contributed by atoms with van der Waals surface area (Å²) in [7, 11) is 0. The Kier molecular flexibility index (Phi) is 5.44. The Labute approximate surface area is 253 Å². The van der Waals surface area contributed by atoms with E-state index in [1.807, 2.05) is 11.3 Å². The predicted octanol–water partition coefficient (Wildman–Crippen LogP) is 11.3. The Balaban J connectivity index is 1.47. The van der Waals surface area contributed by atoms with E-state index in [-0.39, 0.29) is 0 Å². The third-order valence-corrected chi connectivity index (χ3v) is 10.1. The van der Waals surface area contributed by atoms with E-state index in [1.54, 1.807) is 0 Å². The first-order valence-corrected chi connectivity index (χ1v) is 15.8. The molecule has 8 aromatic rings. The van der Waals surface area contributed by atoms with Crippen molar-refractivity contribution in [2.24, 2.45) is 5.92 Å². The molecule has 0 saturated heterocycles. The number of rotatable bonds is 3. The van der Waals surface area contributed by atoms with Gasteiger partial charge in [-0.3, -0.25) is 0 Å². The maximum atomic E-state index is 5.27. The summed E-state index contributed by atoms with van der Waals surface area (Å²) in [5.74, 6) is 0.489. The number of aromatic nitrogens is 2. The van der Waals surface area contributed by atoms with Gasteiger partial charge in [0.25, 0.3) is 0 Å². The minimum Gasteiger partial charge on any atom is -0.308 e. The molecule has 2 nitrogen and oxygen atoms in total. The van der Waals surface area contributed by atoms with Crippen LogP contribution in [0, 0.1) is 5.92 Å². The minimum atomic E-state index is 0.489. The lowest BCUT2D eigenvalue weighted by molar-refractivity contribution is 0.746. The lowest BCUT2D eigenvalue weighted by Gasteiger charge is -2.18. The van der Waals surface area contributed by atoms with Crippen LogP contribution in [-0.2, 0) is 0 Å². The highest BCUT2D eigenvalue weighted by Crippen LogP contribution is 2.48. The van der Waals surface area contributed by atoms with Crippen LogP contribution in [0.3, 0.4) is 0 Å². The van der Waals surface area contributed by atoms with Crippen LogP contribution in [0.2, 0.25) is 0 Å². The van der Waals surface area contributed by atoms with E-state index in [0.29, 0.717) is 5.92 Å². The summed E-state index contributed by atoms with van der Waals surface area (Å²) in [5.41, 5.74) is 8.10. The van der Waals surface area contributed by atoms with Crippen molar-refractivity contribution in [2.45, 2.75) is 13.3 Å². The van der Waals surface area contributed by atoms with Crippen molar-refractivity contribution >= 4 is 69.7 Å². The molecule has 3 aromatic heterocycles. The molecule has 0 radical (unpaired) electrons. The van der Waals surface area contributed by atoms with Crippen LogP contribution in [0.4, 0.5) is 0 Å². The summed E-state index contributed by atoms with van der Waals surface area (Å²) >= 11 is 1.91. The smallest absolute Gasteiger partial charge is 0.0730 e. The van der Waals surface area contributed by atoms with E-state index >= 15 is 0 Å². The van der Waals surface area contributed by atoms with Gasteiger partial charge < -0.3 is 4.57 Å². The molecular formula is C40H28N2S. The predicted molar refractivity (Wildman–Crippen MR) is 185 cm³/mol. The number of hydrogen-bond acceptors (Lipinski definition) is 2. The molecule has 0 bridgehead atoms. The Hall–Kier alpha value is -4.99. The summed E-state index contributed by atoms with van der Waals surface area (Å²) in [6, 6.07) is 41.9. The second-order valence-corrected chi connectivity index (χ2v) is 12.7. The fraction of sp³-hybridized carbons (Fsp3) is 0.0750. The SMILES string of the molecule is CC1C=CC=C(c2cc(-n3c4ccccc4c4c5ccccc5c5c6ccccc6sc5c43)cc(-c3ccccc3)n2)C1. The summed E-state index contributed by atoms with van der Waals surface area (Å²) in [4.78, 5) is 5.27. The molecule has 0 fully saturated rings. The summed E-state index contributed by atoms with van der Waals surface area (Å²) in [6.07, 6.45) is 7.69. The van der Waals surface area contributed by atoms with Crippen LogP contribution in [-0.4, -0.2) is 9.55 Å². The van der Waals surface area contributed by atoms with Crippen LogP contribution >= 0.6 is 11.3 Å². The van der Waals surface area contributed by atoms with E-state index in [4.69, 9.17) is 4.98 Å².